The molecule has 0 aliphatic heterocycles. The molecular weight excluding hydrogens is 268 g/mol. The van der Waals surface area contributed by atoms with E-state index in [0.717, 1.165) is 5.56 Å². The van der Waals surface area contributed by atoms with Crippen molar-refractivity contribution in [3.8, 4) is 5.75 Å². The second-order valence-corrected chi connectivity index (χ2v) is 6.75. The third-order valence-electron chi connectivity index (χ3n) is 3.43. The highest BCUT2D eigenvalue weighted by Gasteiger charge is 2.60. The van der Waals surface area contributed by atoms with Crippen LogP contribution in [0.3, 0.4) is 0 Å². The van der Waals surface area contributed by atoms with Gasteiger partial charge in [-0.3, -0.25) is 4.79 Å². The fourth-order valence-electron chi connectivity index (χ4n) is 2.10. The molecule has 0 bridgehead atoms. The minimum absolute atomic E-state index is 0.117. The Morgan fingerprint density at radius 2 is 1.84 bits per heavy atom. The van der Waals surface area contributed by atoms with E-state index in [4.69, 9.17) is 16.0 Å². The maximum atomic E-state index is 12.1. The molecule has 0 unspecified atom stereocenters. The molecule has 1 aliphatic carbocycles. The van der Waals surface area contributed by atoms with E-state index >= 15 is 0 Å². The summed E-state index contributed by atoms with van der Waals surface area (Å²) in [6.07, 6.45) is 0.707. The van der Waals surface area contributed by atoms with E-state index in [0.29, 0.717) is 0 Å². The lowest BCUT2D eigenvalue weighted by Crippen LogP contribution is -2.47. The molecule has 1 aromatic rings. The van der Waals surface area contributed by atoms with Gasteiger partial charge in [-0.1, -0.05) is 12.1 Å². The van der Waals surface area contributed by atoms with E-state index in [1.54, 1.807) is 12.1 Å². The molecule has 2 rings (SSSR count). The third-order valence-corrected chi connectivity index (χ3v) is 5.13. The Bertz CT molecular complexity index is 591. The van der Waals surface area contributed by atoms with Crippen molar-refractivity contribution in [3.05, 3.63) is 29.8 Å². The van der Waals surface area contributed by atoms with Crippen molar-refractivity contribution in [1.82, 2.24) is 0 Å². The van der Waals surface area contributed by atoms with Crippen LogP contribution in [0.15, 0.2) is 24.3 Å². The highest BCUT2D eigenvalue weighted by Crippen LogP contribution is 2.43. The number of hydrogen-bond donors (Lipinski definition) is 3. The Hall–Kier alpha value is -1.44. The number of primary sulfonamides is 1. The highest BCUT2D eigenvalue weighted by molar-refractivity contribution is 7.91. The largest absolute Gasteiger partial charge is 0.508 e. The van der Waals surface area contributed by atoms with Gasteiger partial charge in [0.05, 0.1) is 6.04 Å². The zero-order valence-electron chi connectivity index (χ0n) is 10.2. The van der Waals surface area contributed by atoms with Crippen LogP contribution in [0.4, 0.5) is 0 Å². The lowest BCUT2D eigenvalue weighted by Gasteiger charge is -2.17. The molecule has 1 aliphatic rings. The molecule has 0 saturated heterocycles. The van der Waals surface area contributed by atoms with E-state index in [1.807, 2.05) is 0 Å². The lowest BCUT2D eigenvalue weighted by atomic mass is 10.0. The predicted octanol–water partition coefficient (Wildman–Crippen LogP) is -0.348. The third kappa shape index (κ3) is 2.63. The summed E-state index contributed by atoms with van der Waals surface area (Å²) in [7, 11) is -3.90. The average molecular weight is 284 g/mol. The van der Waals surface area contributed by atoms with E-state index in [9.17, 15) is 13.2 Å². The van der Waals surface area contributed by atoms with Crippen molar-refractivity contribution in [2.75, 3.05) is 0 Å². The summed E-state index contributed by atoms with van der Waals surface area (Å²) in [6.45, 7) is 0. The number of phenolic OH excluding ortho intramolecular Hbond substituents is 1. The first-order chi connectivity index (χ1) is 8.76. The first-order valence-corrected chi connectivity index (χ1v) is 7.41. The van der Waals surface area contributed by atoms with Crippen molar-refractivity contribution >= 4 is 15.8 Å². The van der Waals surface area contributed by atoms with Gasteiger partial charge in [0.25, 0.3) is 0 Å². The summed E-state index contributed by atoms with van der Waals surface area (Å²) in [5, 5.41) is 14.2. The second-order valence-electron chi connectivity index (χ2n) is 4.88. The van der Waals surface area contributed by atoms with Gasteiger partial charge in [-0.15, -0.1) is 0 Å². The Morgan fingerprint density at radius 1 is 1.32 bits per heavy atom. The van der Waals surface area contributed by atoms with Crippen LogP contribution < -0.4 is 10.9 Å². The summed E-state index contributed by atoms with van der Waals surface area (Å²) >= 11 is 0. The Kier molecular flexibility index (Phi) is 3.38. The SMILES string of the molecule is N[C@@H](Cc1ccc(O)cc1)C(=O)C1(S(N)(=O)=O)CC1. The number of carbonyl (C=O) groups excluding carboxylic acids is 1. The molecule has 1 atom stereocenters. The van der Waals surface area contributed by atoms with Gasteiger partial charge >= 0.3 is 0 Å². The van der Waals surface area contributed by atoms with Gasteiger partial charge in [-0.25, -0.2) is 13.6 Å². The molecule has 6 nitrogen and oxygen atoms in total. The Balaban J connectivity index is 2.11. The van der Waals surface area contributed by atoms with Crippen molar-refractivity contribution in [3.63, 3.8) is 0 Å². The fraction of sp³-hybridized carbons (Fsp3) is 0.417. The van der Waals surface area contributed by atoms with Gasteiger partial charge in [0.2, 0.25) is 10.0 Å². The predicted molar refractivity (Wildman–Crippen MR) is 69.9 cm³/mol. The Labute approximate surface area is 111 Å². The number of nitrogens with two attached hydrogens (primary N) is 2. The molecule has 1 aromatic carbocycles. The number of benzene rings is 1. The van der Waals surface area contributed by atoms with Crippen LogP contribution in [-0.4, -0.2) is 30.1 Å². The zero-order valence-corrected chi connectivity index (χ0v) is 11.1. The fourth-order valence-corrected chi connectivity index (χ4v) is 3.20. The minimum atomic E-state index is -3.90. The van der Waals surface area contributed by atoms with Crippen LogP contribution in [0, 0.1) is 0 Å². The van der Waals surface area contributed by atoms with Gasteiger partial charge in [0.1, 0.15) is 10.5 Å². The molecule has 0 radical (unpaired) electrons. The number of ketones is 1. The van der Waals surface area contributed by atoms with Crippen LogP contribution in [0.5, 0.6) is 5.75 Å². The molecule has 0 spiro atoms. The number of phenols is 1. The van der Waals surface area contributed by atoms with Gasteiger partial charge < -0.3 is 10.8 Å². The molecule has 0 aromatic heterocycles. The Morgan fingerprint density at radius 3 is 2.26 bits per heavy atom. The van der Waals surface area contributed by atoms with Crippen LogP contribution in [0.25, 0.3) is 0 Å². The smallest absolute Gasteiger partial charge is 0.222 e. The molecule has 5 N–H and O–H groups in total. The van der Waals surface area contributed by atoms with Crippen molar-refractivity contribution < 1.29 is 18.3 Å². The summed E-state index contributed by atoms with van der Waals surface area (Å²) in [6, 6.07) is 5.33. The molecule has 0 amide bonds. The molecule has 104 valence electrons. The number of aromatic hydroxyl groups is 1. The zero-order chi connectivity index (χ0) is 14.3. The van der Waals surface area contributed by atoms with Crippen LogP contribution in [-0.2, 0) is 21.2 Å². The maximum absolute atomic E-state index is 12.1. The van der Waals surface area contributed by atoms with Crippen molar-refractivity contribution in [2.45, 2.75) is 30.1 Å². The van der Waals surface area contributed by atoms with Crippen molar-refractivity contribution in [1.29, 1.82) is 0 Å². The molecule has 1 saturated carbocycles. The summed E-state index contributed by atoms with van der Waals surface area (Å²) in [5.41, 5.74) is 6.53. The van der Waals surface area contributed by atoms with Crippen molar-refractivity contribution in [2.24, 2.45) is 10.9 Å². The number of rotatable bonds is 5. The summed E-state index contributed by atoms with van der Waals surface area (Å²) < 4.78 is 21.4. The number of hydrogen-bond acceptors (Lipinski definition) is 5. The highest BCUT2D eigenvalue weighted by atomic mass is 32.2. The van der Waals surface area contributed by atoms with Crippen LogP contribution in [0.1, 0.15) is 18.4 Å². The molecule has 19 heavy (non-hydrogen) atoms. The van der Waals surface area contributed by atoms with Gasteiger partial charge in [0, 0.05) is 0 Å². The van der Waals surface area contributed by atoms with E-state index in [1.165, 1.54) is 12.1 Å². The first-order valence-electron chi connectivity index (χ1n) is 5.86. The number of sulfonamides is 1. The van der Waals surface area contributed by atoms with Crippen LogP contribution in [0.2, 0.25) is 0 Å². The summed E-state index contributed by atoms with van der Waals surface area (Å²) in [4.78, 5) is 12.1. The maximum Gasteiger partial charge on any atom is 0.222 e. The quantitative estimate of drug-likeness (QED) is 0.682. The molecule has 1 fully saturated rings. The number of Topliss-reactive ketones (excluding diaryl/α,β-unsaturated/α-hetero) is 1. The standard InChI is InChI=1S/C12H16N2O4S/c13-10(7-8-1-3-9(15)4-2-8)11(16)12(5-6-12)19(14,17)18/h1-4,10,15H,5-7,13H2,(H2,14,17,18)/t10-/m0/s1. The molecule has 0 heterocycles. The molecule has 7 heteroatoms. The number of carbonyl (C=O) groups is 1. The van der Waals surface area contributed by atoms with Gasteiger partial charge in [-0.05, 0) is 37.0 Å². The minimum Gasteiger partial charge on any atom is -0.508 e. The lowest BCUT2D eigenvalue weighted by molar-refractivity contribution is -0.120. The van der Waals surface area contributed by atoms with Gasteiger partial charge in [0.15, 0.2) is 5.78 Å². The summed E-state index contributed by atoms with van der Waals surface area (Å²) in [5.74, 6) is -0.407. The monoisotopic (exact) mass is 284 g/mol. The topological polar surface area (TPSA) is 123 Å². The van der Waals surface area contributed by atoms with Gasteiger partial charge in [-0.2, -0.15) is 0 Å². The van der Waals surface area contributed by atoms with Crippen LogP contribution >= 0.6 is 0 Å². The normalized spacial score (nSPS) is 18.8. The second kappa shape index (κ2) is 4.59. The van der Waals surface area contributed by atoms with E-state index in [2.05, 4.69) is 0 Å². The molecular formula is C12H16N2O4S. The average Bonchev–Trinajstić information content (AvgIpc) is 3.11. The van der Waals surface area contributed by atoms with E-state index < -0.39 is 26.6 Å². The first kappa shape index (κ1) is 14.0. The van der Waals surface area contributed by atoms with E-state index in [-0.39, 0.29) is 25.0 Å².